The zero-order valence-electron chi connectivity index (χ0n) is 22.5. The second-order valence-electron chi connectivity index (χ2n) is 9.48. The molecule has 1 fully saturated rings. The fraction of sp³-hybridized carbons (Fsp3) is 0.333. The highest BCUT2D eigenvalue weighted by molar-refractivity contribution is 7.92. The van der Waals surface area contributed by atoms with E-state index in [4.69, 9.17) is 37.4 Å². The van der Waals surface area contributed by atoms with Crippen LogP contribution >= 0.6 is 23.2 Å². The predicted molar refractivity (Wildman–Crippen MR) is 151 cm³/mol. The van der Waals surface area contributed by atoms with Crippen LogP contribution in [0.5, 0.6) is 11.5 Å². The van der Waals surface area contributed by atoms with Crippen molar-refractivity contribution in [1.82, 2.24) is 9.97 Å². The van der Waals surface area contributed by atoms with Gasteiger partial charge in [0.05, 0.1) is 28.5 Å². The first-order valence-corrected chi connectivity index (χ1v) is 15.3. The summed E-state index contributed by atoms with van der Waals surface area (Å²) in [4.78, 5) is 33.1. The number of hydrogen-bond donors (Lipinski definition) is 1. The van der Waals surface area contributed by atoms with Gasteiger partial charge in [0.15, 0.2) is 18.1 Å². The molecule has 2 heterocycles. The van der Waals surface area contributed by atoms with Gasteiger partial charge in [0.1, 0.15) is 11.9 Å². The predicted octanol–water partition coefficient (Wildman–Crippen LogP) is 5.23. The fourth-order valence-electron chi connectivity index (χ4n) is 3.77. The van der Waals surface area contributed by atoms with E-state index in [1.54, 1.807) is 0 Å². The average molecular weight is 660 g/mol. The summed E-state index contributed by atoms with van der Waals surface area (Å²) in [6.07, 6.45) is 5.59. The van der Waals surface area contributed by atoms with Crippen molar-refractivity contribution in [2.75, 3.05) is 24.2 Å². The number of carbonyl (C=O) groups is 2. The third-order valence-electron chi connectivity index (χ3n) is 5.95. The minimum atomic E-state index is -3.65. The van der Waals surface area contributed by atoms with Crippen molar-refractivity contribution in [2.24, 2.45) is 5.92 Å². The van der Waals surface area contributed by atoms with Gasteiger partial charge in [-0.05, 0) is 54.2 Å². The van der Waals surface area contributed by atoms with Crippen molar-refractivity contribution < 1.29 is 45.7 Å². The molecule has 1 aliphatic carbocycles. The number of anilines is 1. The van der Waals surface area contributed by atoms with Crippen molar-refractivity contribution in [3.8, 4) is 11.5 Å². The number of halogens is 4. The number of rotatable bonds is 14. The van der Waals surface area contributed by atoms with Crippen LogP contribution in [0, 0.1) is 5.92 Å². The van der Waals surface area contributed by atoms with Gasteiger partial charge in [-0.25, -0.2) is 23.0 Å². The molecule has 1 saturated carbocycles. The number of nitrogens with one attached hydrogen (secondary N) is 1. The van der Waals surface area contributed by atoms with Crippen LogP contribution in [0.2, 0.25) is 10.0 Å². The second-order valence-corrected chi connectivity index (χ2v) is 12.0. The van der Waals surface area contributed by atoms with Crippen LogP contribution < -0.4 is 14.2 Å². The quantitative estimate of drug-likeness (QED) is 0.229. The lowest BCUT2D eigenvalue weighted by atomic mass is 10.0. The number of esters is 2. The first-order valence-electron chi connectivity index (χ1n) is 12.7. The minimum Gasteiger partial charge on any atom is -0.489 e. The van der Waals surface area contributed by atoms with Crippen molar-refractivity contribution in [2.45, 2.75) is 32.0 Å². The SMILES string of the molecule is CS(=O)(=O)Nc1cc(C(=O)OCC(=O)O[C@@H](Cc2c(Cl)cncc2Cl)c2ccc(OC(F)F)c(OCC3CC3)c2)ccn1. The molecule has 1 atom stereocenters. The maximum Gasteiger partial charge on any atom is 0.387 e. The van der Waals surface area contributed by atoms with E-state index in [0.717, 1.165) is 25.2 Å². The van der Waals surface area contributed by atoms with Crippen LogP contribution in [-0.2, 0) is 30.7 Å². The van der Waals surface area contributed by atoms with Gasteiger partial charge < -0.3 is 18.9 Å². The normalized spacial score (nSPS) is 13.7. The maximum absolute atomic E-state index is 13.0. The van der Waals surface area contributed by atoms with Crippen molar-refractivity contribution in [3.63, 3.8) is 0 Å². The van der Waals surface area contributed by atoms with E-state index in [0.29, 0.717) is 23.7 Å². The first kappa shape index (κ1) is 32.2. The van der Waals surface area contributed by atoms with E-state index in [-0.39, 0.29) is 39.3 Å². The van der Waals surface area contributed by atoms with Crippen LogP contribution in [0.15, 0.2) is 48.9 Å². The molecule has 0 saturated heterocycles. The Hall–Kier alpha value is -3.75. The number of aromatic nitrogens is 2. The smallest absolute Gasteiger partial charge is 0.387 e. The summed E-state index contributed by atoms with van der Waals surface area (Å²) in [5.74, 6) is -1.89. The van der Waals surface area contributed by atoms with E-state index in [1.807, 2.05) is 0 Å². The fourth-order valence-corrected chi connectivity index (χ4v) is 4.78. The number of nitrogens with zero attached hydrogens (tertiary/aromatic N) is 2. The second kappa shape index (κ2) is 14.1. The standard InChI is InChI=1S/C27H25Cl2F2N3O8S/c1-43(37,38)34-24-9-17(6-7-33-24)26(36)40-14-25(35)41-22(10-18-19(28)11-32-12-20(18)29)16-4-5-21(42-27(30)31)23(8-16)39-13-15-2-3-15/h4-9,11-12,15,22,27H,2-3,10,13-14H2,1H3,(H,33,34)/t22-/m0/s1. The van der Waals surface area contributed by atoms with Crippen molar-refractivity contribution in [3.05, 3.63) is 75.7 Å². The monoisotopic (exact) mass is 659 g/mol. The first-order chi connectivity index (χ1) is 20.4. The zero-order chi connectivity index (χ0) is 31.1. The number of carbonyl (C=O) groups excluding carboxylic acids is 2. The molecule has 43 heavy (non-hydrogen) atoms. The Morgan fingerprint density at radius 3 is 2.47 bits per heavy atom. The summed E-state index contributed by atoms with van der Waals surface area (Å²) in [5.41, 5.74) is 0.652. The number of ether oxygens (including phenoxy) is 4. The molecule has 16 heteroatoms. The Morgan fingerprint density at radius 1 is 1.09 bits per heavy atom. The summed E-state index contributed by atoms with van der Waals surface area (Å²) >= 11 is 12.6. The van der Waals surface area contributed by atoms with Gasteiger partial charge in [-0.15, -0.1) is 0 Å². The van der Waals surface area contributed by atoms with E-state index < -0.39 is 41.3 Å². The minimum absolute atomic E-state index is 0.0280. The van der Waals surface area contributed by atoms with Crippen LogP contribution in [0.3, 0.4) is 0 Å². The van der Waals surface area contributed by atoms with Gasteiger partial charge in [0, 0.05) is 25.0 Å². The summed E-state index contributed by atoms with van der Waals surface area (Å²) in [6.45, 7) is -3.62. The lowest BCUT2D eigenvalue weighted by Crippen LogP contribution is -2.21. The third-order valence-corrected chi connectivity index (χ3v) is 7.18. The molecule has 4 rings (SSSR count). The maximum atomic E-state index is 13.0. The van der Waals surface area contributed by atoms with Crippen LogP contribution in [0.25, 0.3) is 0 Å². The molecule has 0 radical (unpaired) electrons. The Kier molecular flexibility index (Phi) is 10.6. The Balaban J connectivity index is 1.53. The van der Waals surface area contributed by atoms with E-state index in [1.165, 1.54) is 42.9 Å². The molecule has 0 bridgehead atoms. The number of benzene rings is 1. The highest BCUT2D eigenvalue weighted by Gasteiger charge is 2.26. The van der Waals surface area contributed by atoms with Crippen molar-refractivity contribution >= 4 is 51.0 Å². The molecular weight excluding hydrogens is 635 g/mol. The topological polar surface area (TPSA) is 143 Å². The van der Waals surface area contributed by atoms with Crippen LogP contribution in [-0.4, -0.2) is 56.4 Å². The lowest BCUT2D eigenvalue weighted by molar-refractivity contribution is -0.153. The summed E-state index contributed by atoms with van der Waals surface area (Å²) in [7, 11) is -3.65. The zero-order valence-corrected chi connectivity index (χ0v) is 24.8. The van der Waals surface area contributed by atoms with Gasteiger partial charge in [-0.3, -0.25) is 9.71 Å². The van der Waals surface area contributed by atoms with Crippen LogP contribution in [0.4, 0.5) is 14.6 Å². The summed E-state index contributed by atoms with van der Waals surface area (Å²) in [6, 6.07) is 6.51. The molecule has 0 amide bonds. The van der Waals surface area contributed by atoms with Crippen LogP contribution in [0.1, 0.15) is 40.4 Å². The van der Waals surface area contributed by atoms with Gasteiger partial charge >= 0.3 is 18.6 Å². The Labute approximate surface area is 255 Å². The summed E-state index contributed by atoms with van der Waals surface area (Å²) in [5, 5.41) is 0.387. The number of alkyl halides is 2. The Bertz CT molecular complexity index is 1570. The molecule has 0 unspecified atom stereocenters. The molecule has 1 aliphatic rings. The van der Waals surface area contributed by atoms with Gasteiger partial charge in [-0.1, -0.05) is 29.3 Å². The van der Waals surface area contributed by atoms with Crippen molar-refractivity contribution in [1.29, 1.82) is 0 Å². The highest BCUT2D eigenvalue weighted by atomic mass is 35.5. The average Bonchev–Trinajstić information content (AvgIpc) is 3.76. The highest BCUT2D eigenvalue weighted by Crippen LogP contribution is 2.37. The molecule has 230 valence electrons. The number of sulfonamides is 1. The molecule has 1 N–H and O–H groups in total. The largest absolute Gasteiger partial charge is 0.489 e. The molecule has 2 aromatic heterocycles. The number of pyridine rings is 2. The molecule has 11 nitrogen and oxygen atoms in total. The summed E-state index contributed by atoms with van der Waals surface area (Å²) < 4.78 is 72.1. The molecular formula is C27H25Cl2F2N3O8S. The van der Waals surface area contributed by atoms with E-state index in [2.05, 4.69) is 19.4 Å². The van der Waals surface area contributed by atoms with Gasteiger partial charge in [0.25, 0.3) is 0 Å². The van der Waals surface area contributed by atoms with E-state index >= 15 is 0 Å². The van der Waals surface area contributed by atoms with Gasteiger partial charge in [-0.2, -0.15) is 8.78 Å². The third kappa shape index (κ3) is 9.90. The molecule has 0 aliphatic heterocycles. The molecule has 1 aromatic carbocycles. The Morgan fingerprint density at radius 2 is 1.81 bits per heavy atom. The van der Waals surface area contributed by atoms with Gasteiger partial charge in [0.2, 0.25) is 10.0 Å². The number of hydrogen-bond acceptors (Lipinski definition) is 10. The molecule has 3 aromatic rings. The van der Waals surface area contributed by atoms with E-state index in [9.17, 15) is 26.8 Å². The molecule has 0 spiro atoms. The lowest BCUT2D eigenvalue weighted by Gasteiger charge is -2.21.